The molecule has 0 amide bonds. The molecule has 1 aliphatic carbocycles. The van der Waals surface area contributed by atoms with Crippen molar-refractivity contribution in [3.63, 3.8) is 0 Å². The fourth-order valence-corrected chi connectivity index (χ4v) is 6.51. The molecule has 3 nitrogen and oxygen atoms in total. The standard InChI is InChI=1S/C29H18O3S/c30-29-25(19-11-3-1-4-12-19)27-21-15-7-9-17-23(21)33(31,32)24-18-10-8-16-22(24)28(27)26(29)20-13-5-2-6-14-20/h1-18H. The van der Waals surface area contributed by atoms with Crippen LogP contribution in [0.1, 0.15) is 22.3 Å². The number of fused-ring (bicyclic) bond motifs is 5. The van der Waals surface area contributed by atoms with E-state index >= 15 is 0 Å². The van der Waals surface area contributed by atoms with E-state index in [0.717, 1.165) is 11.1 Å². The predicted molar refractivity (Wildman–Crippen MR) is 130 cm³/mol. The van der Waals surface area contributed by atoms with Gasteiger partial charge in [0.05, 0.1) is 9.79 Å². The van der Waals surface area contributed by atoms with Gasteiger partial charge < -0.3 is 0 Å². The summed E-state index contributed by atoms with van der Waals surface area (Å²) in [5.41, 5.74) is 5.07. The van der Waals surface area contributed by atoms with Crippen LogP contribution in [-0.2, 0) is 14.6 Å². The van der Waals surface area contributed by atoms with E-state index in [-0.39, 0.29) is 15.6 Å². The number of allylic oxidation sites excluding steroid dienone is 4. The molecule has 4 aromatic carbocycles. The van der Waals surface area contributed by atoms with Crippen LogP contribution in [0.5, 0.6) is 0 Å². The fraction of sp³-hybridized carbons (Fsp3) is 0. The van der Waals surface area contributed by atoms with Crippen LogP contribution < -0.4 is 0 Å². The molecule has 0 bridgehead atoms. The number of carbonyl (C=O) groups is 1. The van der Waals surface area contributed by atoms with Crippen molar-refractivity contribution in [3.05, 3.63) is 131 Å². The summed E-state index contributed by atoms with van der Waals surface area (Å²) in [6, 6.07) is 33.0. The second-order valence-electron chi connectivity index (χ2n) is 8.06. The molecule has 0 saturated heterocycles. The second-order valence-corrected chi connectivity index (χ2v) is 9.94. The fourth-order valence-electron chi connectivity index (χ4n) is 4.83. The van der Waals surface area contributed by atoms with E-state index in [4.69, 9.17) is 0 Å². The Morgan fingerprint density at radius 2 is 0.788 bits per heavy atom. The average Bonchev–Trinajstić information content (AvgIpc) is 3.13. The normalized spacial score (nSPS) is 16.2. The van der Waals surface area contributed by atoms with Crippen molar-refractivity contribution in [2.45, 2.75) is 9.79 Å². The summed E-state index contributed by atoms with van der Waals surface area (Å²) in [6.07, 6.45) is 0. The predicted octanol–water partition coefficient (Wildman–Crippen LogP) is 5.94. The van der Waals surface area contributed by atoms with Crippen LogP contribution in [0, 0.1) is 0 Å². The van der Waals surface area contributed by atoms with Crippen LogP contribution in [0.15, 0.2) is 119 Å². The minimum absolute atomic E-state index is 0.0960. The third-order valence-electron chi connectivity index (χ3n) is 6.22. The maximum Gasteiger partial charge on any atom is 0.207 e. The topological polar surface area (TPSA) is 51.2 Å². The molecule has 1 heterocycles. The van der Waals surface area contributed by atoms with Gasteiger partial charge in [-0.1, -0.05) is 97.1 Å². The molecule has 33 heavy (non-hydrogen) atoms. The number of carbonyl (C=O) groups excluding carboxylic acids is 1. The van der Waals surface area contributed by atoms with Gasteiger partial charge in [0, 0.05) is 33.4 Å². The van der Waals surface area contributed by atoms with Gasteiger partial charge in [-0.3, -0.25) is 4.79 Å². The Hall–Kier alpha value is -4.02. The van der Waals surface area contributed by atoms with Gasteiger partial charge >= 0.3 is 0 Å². The van der Waals surface area contributed by atoms with Crippen molar-refractivity contribution in [1.82, 2.24) is 0 Å². The first-order valence-electron chi connectivity index (χ1n) is 10.7. The largest absolute Gasteiger partial charge is 0.289 e. The quantitative estimate of drug-likeness (QED) is 0.383. The molecule has 0 atom stereocenters. The summed E-state index contributed by atoms with van der Waals surface area (Å²) >= 11 is 0. The van der Waals surface area contributed by atoms with Crippen molar-refractivity contribution in [2.75, 3.05) is 0 Å². The number of Topliss-reactive ketones (excluding diaryl/α,β-unsaturated/α-hetero) is 1. The Morgan fingerprint density at radius 1 is 0.424 bits per heavy atom. The summed E-state index contributed by atoms with van der Waals surface area (Å²) in [4.78, 5) is 14.5. The molecule has 158 valence electrons. The molecule has 4 aromatic rings. The van der Waals surface area contributed by atoms with E-state index in [1.54, 1.807) is 36.4 Å². The molecule has 0 saturated carbocycles. The third kappa shape index (κ3) is 2.81. The maximum atomic E-state index is 14.1. The van der Waals surface area contributed by atoms with Crippen LogP contribution in [0.3, 0.4) is 0 Å². The Labute approximate surface area is 192 Å². The van der Waals surface area contributed by atoms with Gasteiger partial charge in [-0.15, -0.1) is 0 Å². The molecular formula is C29H18O3S. The molecule has 0 radical (unpaired) electrons. The summed E-state index contributed by atoms with van der Waals surface area (Å²) < 4.78 is 27.6. The molecule has 0 N–H and O–H groups in total. The number of rotatable bonds is 2. The second kappa shape index (κ2) is 7.26. The van der Waals surface area contributed by atoms with Crippen LogP contribution >= 0.6 is 0 Å². The van der Waals surface area contributed by atoms with E-state index in [9.17, 15) is 13.2 Å². The molecular weight excluding hydrogens is 428 g/mol. The Balaban J connectivity index is 1.85. The summed E-state index contributed by atoms with van der Waals surface area (Å²) in [7, 11) is -3.79. The van der Waals surface area contributed by atoms with Gasteiger partial charge in [0.1, 0.15) is 0 Å². The highest BCUT2D eigenvalue weighted by molar-refractivity contribution is 7.91. The maximum absolute atomic E-state index is 14.1. The van der Waals surface area contributed by atoms with Gasteiger partial charge in [0.15, 0.2) is 5.78 Å². The minimum atomic E-state index is -3.79. The Kier molecular flexibility index (Phi) is 4.32. The Bertz CT molecular complexity index is 1490. The van der Waals surface area contributed by atoms with Crippen LogP contribution in [-0.4, -0.2) is 14.2 Å². The molecule has 0 unspecified atom stereocenters. The first kappa shape index (κ1) is 19.6. The number of benzene rings is 4. The van der Waals surface area contributed by atoms with Gasteiger partial charge in [-0.2, -0.15) is 0 Å². The molecule has 0 aromatic heterocycles. The monoisotopic (exact) mass is 446 g/mol. The summed E-state index contributed by atoms with van der Waals surface area (Å²) in [5, 5.41) is 0. The van der Waals surface area contributed by atoms with E-state index in [0.29, 0.717) is 33.4 Å². The summed E-state index contributed by atoms with van der Waals surface area (Å²) in [6.45, 7) is 0. The lowest BCUT2D eigenvalue weighted by molar-refractivity contribution is -0.108. The van der Waals surface area contributed by atoms with Crippen molar-refractivity contribution >= 4 is 37.9 Å². The first-order valence-corrected chi connectivity index (χ1v) is 12.2. The third-order valence-corrected chi connectivity index (χ3v) is 8.09. The van der Waals surface area contributed by atoms with E-state index < -0.39 is 9.84 Å². The van der Waals surface area contributed by atoms with Crippen molar-refractivity contribution in [3.8, 4) is 0 Å². The van der Waals surface area contributed by atoms with Crippen molar-refractivity contribution in [2.24, 2.45) is 0 Å². The highest BCUT2D eigenvalue weighted by Crippen LogP contribution is 2.54. The minimum Gasteiger partial charge on any atom is -0.289 e. The highest BCUT2D eigenvalue weighted by atomic mass is 32.2. The lowest BCUT2D eigenvalue weighted by Gasteiger charge is -2.12. The van der Waals surface area contributed by atoms with E-state index in [2.05, 4.69) is 0 Å². The highest BCUT2D eigenvalue weighted by Gasteiger charge is 2.41. The van der Waals surface area contributed by atoms with Crippen LogP contribution in [0.4, 0.5) is 0 Å². The lowest BCUT2D eigenvalue weighted by atomic mass is 9.89. The number of hydrogen-bond acceptors (Lipinski definition) is 3. The van der Waals surface area contributed by atoms with Crippen LogP contribution in [0.2, 0.25) is 0 Å². The van der Waals surface area contributed by atoms with Gasteiger partial charge in [0.25, 0.3) is 0 Å². The van der Waals surface area contributed by atoms with Crippen molar-refractivity contribution in [1.29, 1.82) is 0 Å². The SMILES string of the molecule is O=C1C(c2ccccc2)=C2C(=C1c1ccccc1)c1ccccc1S(=O)(=O)c1ccccc12. The average molecular weight is 447 g/mol. The zero-order valence-corrected chi connectivity index (χ0v) is 18.3. The Morgan fingerprint density at radius 3 is 1.21 bits per heavy atom. The number of sulfone groups is 1. The number of ketones is 1. The molecule has 4 heteroatoms. The van der Waals surface area contributed by atoms with Gasteiger partial charge in [-0.25, -0.2) is 8.42 Å². The molecule has 0 spiro atoms. The van der Waals surface area contributed by atoms with E-state index in [1.165, 1.54) is 0 Å². The zero-order chi connectivity index (χ0) is 22.6. The lowest BCUT2D eigenvalue weighted by Crippen LogP contribution is -2.06. The molecule has 2 aliphatic rings. The first-order chi connectivity index (χ1) is 16.1. The molecule has 1 aliphatic heterocycles. The van der Waals surface area contributed by atoms with Crippen molar-refractivity contribution < 1.29 is 13.2 Å². The smallest absolute Gasteiger partial charge is 0.207 e. The van der Waals surface area contributed by atoms with Gasteiger partial charge in [0.2, 0.25) is 9.84 Å². The molecule has 6 rings (SSSR count). The number of hydrogen-bond donors (Lipinski definition) is 0. The summed E-state index contributed by atoms with van der Waals surface area (Å²) in [5.74, 6) is -0.0960. The van der Waals surface area contributed by atoms with E-state index in [1.807, 2.05) is 72.8 Å². The van der Waals surface area contributed by atoms with Gasteiger partial charge in [-0.05, 0) is 23.3 Å². The van der Waals surface area contributed by atoms with Crippen LogP contribution in [0.25, 0.3) is 22.3 Å². The molecule has 0 fully saturated rings. The zero-order valence-electron chi connectivity index (χ0n) is 17.5.